The fourth-order valence-corrected chi connectivity index (χ4v) is 4.23. The summed E-state index contributed by atoms with van der Waals surface area (Å²) in [6, 6.07) is 6.42. The largest absolute Gasteiger partial charge is 0.497 e. The second-order valence-corrected chi connectivity index (χ2v) is 8.41. The van der Waals surface area contributed by atoms with Crippen LogP contribution in [-0.4, -0.2) is 102 Å². The summed E-state index contributed by atoms with van der Waals surface area (Å²) in [5.41, 5.74) is 1.13. The number of nitrogens with one attached hydrogen (secondary N) is 2. The van der Waals surface area contributed by atoms with E-state index >= 15 is 0 Å². The van der Waals surface area contributed by atoms with Crippen LogP contribution >= 0.6 is 0 Å². The third kappa shape index (κ3) is 7.18. The molecule has 2 aliphatic rings. The number of rotatable bonds is 8. The highest BCUT2D eigenvalue weighted by molar-refractivity contribution is 5.80. The molecule has 3 rings (SSSR count). The molecule has 0 aromatic heterocycles. The van der Waals surface area contributed by atoms with E-state index in [4.69, 9.17) is 14.5 Å². The number of anilines is 1. The van der Waals surface area contributed by atoms with Crippen LogP contribution in [0.15, 0.2) is 23.2 Å². The molecule has 1 aromatic rings. The monoisotopic (exact) mass is 432 g/mol. The molecule has 2 fully saturated rings. The predicted octanol–water partition coefficient (Wildman–Crippen LogP) is 1.48. The molecule has 0 saturated carbocycles. The average Bonchev–Trinajstić information content (AvgIpc) is 3.15. The first-order valence-corrected chi connectivity index (χ1v) is 11.5. The Labute approximate surface area is 187 Å². The molecule has 8 heteroatoms. The Hall–Kier alpha value is -2.19. The number of likely N-dealkylation sites (N-methyl/N-ethyl adjacent to an activating group) is 1. The summed E-state index contributed by atoms with van der Waals surface area (Å²) in [5, 5.41) is 7.05. The fourth-order valence-electron chi connectivity index (χ4n) is 4.23. The summed E-state index contributed by atoms with van der Waals surface area (Å²) in [7, 11) is 5.59. The van der Waals surface area contributed by atoms with Gasteiger partial charge >= 0.3 is 0 Å². The molecule has 174 valence electrons. The summed E-state index contributed by atoms with van der Waals surface area (Å²) in [4.78, 5) is 12.2. The maximum Gasteiger partial charge on any atom is 0.191 e. The molecule has 31 heavy (non-hydrogen) atoms. The molecule has 2 heterocycles. The Morgan fingerprint density at radius 1 is 1.06 bits per heavy atom. The minimum absolute atomic E-state index is 0.363. The number of methoxy groups -OCH3 is 2. The molecule has 2 N–H and O–H groups in total. The maximum atomic E-state index is 5.43. The SMILES string of the molecule is CCNC(=NCCN1CCCN(C)CC1)NC1CCN(c2cc(OC)cc(OC)c2)C1. The van der Waals surface area contributed by atoms with Gasteiger partial charge in [0.15, 0.2) is 5.96 Å². The molecular formula is C23H40N6O2. The van der Waals surface area contributed by atoms with Gasteiger partial charge in [0.05, 0.1) is 20.8 Å². The first-order valence-electron chi connectivity index (χ1n) is 11.5. The van der Waals surface area contributed by atoms with Gasteiger partial charge in [-0.3, -0.25) is 4.99 Å². The molecule has 0 spiro atoms. The molecule has 0 radical (unpaired) electrons. The molecular weight excluding hydrogens is 392 g/mol. The van der Waals surface area contributed by atoms with E-state index in [-0.39, 0.29) is 0 Å². The zero-order valence-electron chi connectivity index (χ0n) is 19.7. The van der Waals surface area contributed by atoms with Crippen LogP contribution < -0.4 is 25.0 Å². The van der Waals surface area contributed by atoms with Gasteiger partial charge in [-0.15, -0.1) is 0 Å². The molecule has 1 unspecified atom stereocenters. The van der Waals surface area contributed by atoms with E-state index in [0.29, 0.717) is 6.04 Å². The molecule has 1 atom stereocenters. The van der Waals surface area contributed by atoms with Gasteiger partial charge in [0, 0.05) is 69.2 Å². The van der Waals surface area contributed by atoms with Gasteiger partial charge in [-0.1, -0.05) is 0 Å². The summed E-state index contributed by atoms with van der Waals surface area (Å²) in [6.45, 7) is 11.4. The van der Waals surface area contributed by atoms with Crippen LogP contribution in [0.3, 0.4) is 0 Å². The molecule has 2 aliphatic heterocycles. The number of benzene rings is 1. The van der Waals surface area contributed by atoms with Crippen LogP contribution in [0.1, 0.15) is 19.8 Å². The van der Waals surface area contributed by atoms with Gasteiger partial charge in [-0.2, -0.15) is 0 Å². The van der Waals surface area contributed by atoms with Gasteiger partial charge in [-0.05, 0) is 39.9 Å². The van der Waals surface area contributed by atoms with E-state index < -0.39 is 0 Å². The lowest BCUT2D eigenvalue weighted by Crippen LogP contribution is -2.45. The van der Waals surface area contributed by atoms with Crippen LogP contribution in [0.5, 0.6) is 11.5 Å². The first kappa shape index (κ1) is 23.5. The lowest BCUT2D eigenvalue weighted by atomic mass is 10.2. The molecule has 1 aromatic carbocycles. The van der Waals surface area contributed by atoms with Crippen molar-refractivity contribution in [2.45, 2.75) is 25.8 Å². The number of hydrogen-bond donors (Lipinski definition) is 2. The topological polar surface area (TPSA) is 64.6 Å². The summed E-state index contributed by atoms with van der Waals surface area (Å²) in [6.07, 6.45) is 2.31. The third-order valence-electron chi connectivity index (χ3n) is 6.07. The van der Waals surface area contributed by atoms with Gasteiger partial charge in [0.2, 0.25) is 0 Å². The lowest BCUT2D eigenvalue weighted by molar-refractivity contribution is 0.283. The second kappa shape index (κ2) is 12.0. The third-order valence-corrected chi connectivity index (χ3v) is 6.07. The van der Waals surface area contributed by atoms with Crippen molar-refractivity contribution in [2.24, 2.45) is 4.99 Å². The van der Waals surface area contributed by atoms with Gasteiger partial charge in [-0.25, -0.2) is 0 Å². The Morgan fingerprint density at radius 3 is 2.55 bits per heavy atom. The van der Waals surface area contributed by atoms with E-state index in [1.54, 1.807) is 14.2 Å². The van der Waals surface area contributed by atoms with E-state index in [9.17, 15) is 0 Å². The predicted molar refractivity (Wildman–Crippen MR) is 128 cm³/mol. The van der Waals surface area contributed by atoms with Gasteiger partial charge in [0.1, 0.15) is 11.5 Å². The zero-order chi connectivity index (χ0) is 22.1. The molecule has 8 nitrogen and oxygen atoms in total. The standard InChI is InChI=1S/C23H40N6O2/c1-5-24-23(25-8-12-28-10-6-9-27(2)13-14-28)26-19-7-11-29(18-19)20-15-21(30-3)17-22(16-20)31-4/h15-17,19H,5-14,18H2,1-4H3,(H2,24,25,26). The lowest BCUT2D eigenvalue weighted by Gasteiger charge is -2.22. The van der Waals surface area contributed by atoms with Crippen molar-refractivity contribution in [1.29, 1.82) is 0 Å². The van der Waals surface area contributed by atoms with Crippen molar-refractivity contribution < 1.29 is 9.47 Å². The highest BCUT2D eigenvalue weighted by Crippen LogP contribution is 2.30. The van der Waals surface area contributed by atoms with Crippen LogP contribution in [0.25, 0.3) is 0 Å². The van der Waals surface area contributed by atoms with Crippen molar-refractivity contribution in [3.63, 3.8) is 0 Å². The molecule has 0 aliphatic carbocycles. The summed E-state index contributed by atoms with van der Waals surface area (Å²) < 4.78 is 10.9. The highest BCUT2D eigenvalue weighted by Gasteiger charge is 2.24. The summed E-state index contributed by atoms with van der Waals surface area (Å²) in [5.74, 6) is 2.56. The molecule has 0 bridgehead atoms. The van der Waals surface area contributed by atoms with Crippen LogP contribution in [0.2, 0.25) is 0 Å². The summed E-state index contributed by atoms with van der Waals surface area (Å²) >= 11 is 0. The van der Waals surface area contributed by atoms with Crippen molar-refractivity contribution in [3.05, 3.63) is 18.2 Å². The van der Waals surface area contributed by atoms with Gasteiger partial charge in [0.25, 0.3) is 0 Å². The maximum absolute atomic E-state index is 5.43. The second-order valence-electron chi connectivity index (χ2n) is 8.41. The Balaban J connectivity index is 1.53. The van der Waals surface area contributed by atoms with Crippen molar-refractivity contribution in [2.75, 3.05) is 85.1 Å². The van der Waals surface area contributed by atoms with Crippen molar-refractivity contribution in [1.82, 2.24) is 20.4 Å². The van der Waals surface area contributed by atoms with Crippen LogP contribution in [-0.2, 0) is 0 Å². The fraction of sp³-hybridized carbons (Fsp3) is 0.696. The number of nitrogens with zero attached hydrogens (tertiary/aromatic N) is 4. The smallest absolute Gasteiger partial charge is 0.191 e. The van der Waals surface area contributed by atoms with Crippen LogP contribution in [0, 0.1) is 0 Å². The number of ether oxygens (including phenoxy) is 2. The first-order chi connectivity index (χ1) is 15.1. The van der Waals surface area contributed by atoms with E-state index in [1.807, 2.05) is 6.07 Å². The normalized spacial score (nSPS) is 21.1. The molecule has 2 saturated heterocycles. The number of aliphatic imine (C=N–C) groups is 1. The Morgan fingerprint density at radius 2 is 1.84 bits per heavy atom. The minimum atomic E-state index is 0.363. The number of hydrogen-bond acceptors (Lipinski definition) is 6. The zero-order valence-corrected chi connectivity index (χ0v) is 19.7. The van der Waals surface area contributed by atoms with Crippen molar-refractivity contribution >= 4 is 11.6 Å². The minimum Gasteiger partial charge on any atom is -0.497 e. The number of guanidine groups is 1. The quantitative estimate of drug-likeness (QED) is 0.476. The highest BCUT2D eigenvalue weighted by atomic mass is 16.5. The molecule has 0 amide bonds. The van der Waals surface area contributed by atoms with E-state index in [0.717, 1.165) is 75.4 Å². The van der Waals surface area contributed by atoms with Crippen molar-refractivity contribution in [3.8, 4) is 11.5 Å². The Kier molecular flexibility index (Phi) is 9.09. The van der Waals surface area contributed by atoms with Crippen LogP contribution in [0.4, 0.5) is 5.69 Å². The van der Waals surface area contributed by atoms with E-state index in [1.165, 1.54) is 19.5 Å². The van der Waals surface area contributed by atoms with E-state index in [2.05, 4.69) is 51.4 Å². The Bertz CT molecular complexity index is 691. The average molecular weight is 433 g/mol. The van der Waals surface area contributed by atoms with Gasteiger partial charge < -0.3 is 34.8 Å².